The van der Waals surface area contributed by atoms with Gasteiger partial charge in [0.05, 0.1) is 0 Å². The fourth-order valence-electron chi connectivity index (χ4n) is 1.51. The fraction of sp³-hybridized carbons (Fsp3) is 0.385. The van der Waals surface area contributed by atoms with Crippen LogP contribution in [0.3, 0.4) is 0 Å². The second kappa shape index (κ2) is 6.39. The number of hydrogen-bond donors (Lipinski definition) is 1. The molecule has 1 atom stereocenters. The van der Waals surface area contributed by atoms with Crippen molar-refractivity contribution < 1.29 is 0 Å². The summed E-state index contributed by atoms with van der Waals surface area (Å²) in [6, 6.07) is 11.2. The largest absolute Gasteiger partial charge is 0.310 e. The summed E-state index contributed by atoms with van der Waals surface area (Å²) in [6.07, 6.45) is 4.17. The van der Waals surface area contributed by atoms with Crippen molar-refractivity contribution in [2.45, 2.75) is 25.8 Å². The SMILES string of the molecule is C=CCNC(CC)Cc1ccccc1. The van der Waals surface area contributed by atoms with Crippen molar-refractivity contribution in [3.63, 3.8) is 0 Å². The van der Waals surface area contributed by atoms with Gasteiger partial charge in [0.15, 0.2) is 0 Å². The second-order valence-electron chi connectivity index (χ2n) is 3.49. The van der Waals surface area contributed by atoms with Crippen molar-refractivity contribution in [3.05, 3.63) is 48.6 Å². The van der Waals surface area contributed by atoms with Crippen LogP contribution in [-0.2, 0) is 6.42 Å². The van der Waals surface area contributed by atoms with Gasteiger partial charge in [-0.05, 0) is 18.4 Å². The Kier molecular flexibility index (Phi) is 5.02. The first-order valence-corrected chi connectivity index (χ1v) is 5.25. The molecule has 14 heavy (non-hydrogen) atoms. The van der Waals surface area contributed by atoms with E-state index in [0.717, 1.165) is 19.4 Å². The van der Waals surface area contributed by atoms with Gasteiger partial charge in [-0.2, -0.15) is 0 Å². The third-order valence-corrected chi connectivity index (χ3v) is 2.37. The monoisotopic (exact) mass is 189 g/mol. The van der Waals surface area contributed by atoms with Crippen LogP contribution >= 0.6 is 0 Å². The minimum atomic E-state index is 0.565. The maximum absolute atomic E-state index is 3.71. The molecule has 1 heteroatoms. The molecule has 1 aromatic rings. The van der Waals surface area contributed by atoms with E-state index in [2.05, 4.69) is 49.2 Å². The van der Waals surface area contributed by atoms with E-state index in [0.29, 0.717) is 6.04 Å². The van der Waals surface area contributed by atoms with E-state index in [-0.39, 0.29) is 0 Å². The summed E-state index contributed by atoms with van der Waals surface area (Å²) in [5.41, 5.74) is 1.40. The van der Waals surface area contributed by atoms with Crippen molar-refractivity contribution in [2.75, 3.05) is 6.54 Å². The zero-order chi connectivity index (χ0) is 10.2. The van der Waals surface area contributed by atoms with E-state index in [9.17, 15) is 0 Å². The fourth-order valence-corrected chi connectivity index (χ4v) is 1.51. The van der Waals surface area contributed by atoms with Gasteiger partial charge in [0, 0.05) is 12.6 Å². The van der Waals surface area contributed by atoms with Crippen LogP contribution in [0.1, 0.15) is 18.9 Å². The van der Waals surface area contributed by atoms with Crippen LogP contribution in [-0.4, -0.2) is 12.6 Å². The highest BCUT2D eigenvalue weighted by Crippen LogP contribution is 2.05. The van der Waals surface area contributed by atoms with E-state index in [4.69, 9.17) is 0 Å². The van der Waals surface area contributed by atoms with E-state index in [1.165, 1.54) is 5.56 Å². The minimum absolute atomic E-state index is 0.565. The Morgan fingerprint density at radius 1 is 1.36 bits per heavy atom. The first-order valence-electron chi connectivity index (χ1n) is 5.25. The van der Waals surface area contributed by atoms with Crippen LogP contribution in [0.2, 0.25) is 0 Å². The highest BCUT2D eigenvalue weighted by atomic mass is 14.9. The summed E-state index contributed by atoms with van der Waals surface area (Å²) >= 11 is 0. The lowest BCUT2D eigenvalue weighted by Crippen LogP contribution is -2.30. The van der Waals surface area contributed by atoms with Gasteiger partial charge in [-0.25, -0.2) is 0 Å². The molecule has 1 unspecified atom stereocenters. The van der Waals surface area contributed by atoms with Crippen LogP contribution in [0.25, 0.3) is 0 Å². The van der Waals surface area contributed by atoms with Crippen LogP contribution in [0.5, 0.6) is 0 Å². The molecule has 1 rings (SSSR count). The summed E-state index contributed by atoms with van der Waals surface area (Å²) in [4.78, 5) is 0. The van der Waals surface area contributed by atoms with Gasteiger partial charge in [-0.1, -0.05) is 43.3 Å². The molecule has 0 aromatic heterocycles. The van der Waals surface area contributed by atoms with E-state index in [1.807, 2.05) is 6.08 Å². The summed E-state index contributed by atoms with van der Waals surface area (Å²) in [5, 5.41) is 3.45. The average molecular weight is 189 g/mol. The summed E-state index contributed by atoms with van der Waals surface area (Å²) in [5.74, 6) is 0. The van der Waals surface area contributed by atoms with Gasteiger partial charge in [-0.15, -0.1) is 6.58 Å². The summed E-state index contributed by atoms with van der Waals surface area (Å²) in [6.45, 7) is 6.82. The normalized spacial score (nSPS) is 12.4. The Balaban J connectivity index is 2.44. The van der Waals surface area contributed by atoms with Crippen molar-refractivity contribution in [2.24, 2.45) is 0 Å². The van der Waals surface area contributed by atoms with Gasteiger partial charge in [-0.3, -0.25) is 0 Å². The zero-order valence-corrected chi connectivity index (χ0v) is 8.87. The standard InChI is InChI=1S/C13H19N/c1-3-10-14-13(4-2)11-12-8-6-5-7-9-12/h3,5-9,13-14H,1,4,10-11H2,2H3. The summed E-state index contributed by atoms with van der Waals surface area (Å²) in [7, 11) is 0. The van der Waals surface area contributed by atoms with E-state index < -0.39 is 0 Å². The van der Waals surface area contributed by atoms with Crippen molar-refractivity contribution in [1.82, 2.24) is 5.32 Å². The Labute approximate surface area is 86.8 Å². The highest BCUT2D eigenvalue weighted by Gasteiger charge is 2.04. The number of benzene rings is 1. The number of rotatable bonds is 6. The molecule has 76 valence electrons. The first kappa shape index (κ1) is 11.0. The molecule has 0 heterocycles. The van der Waals surface area contributed by atoms with Crippen molar-refractivity contribution >= 4 is 0 Å². The Morgan fingerprint density at radius 3 is 2.64 bits per heavy atom. The van der Waals surface area contributed by atoms with Crippen LogP contribution < -0.4 is 5.32 Å². The van der Waals surface area contributed by atoms with Gasteiger partial charge in [0.2, 0.25) is 0 Å². The second-order valence-corrected chi connectivity index (χ2v) is 3.49. The maximum Gasteiger partial charge on any atom is 0.0135 e. The Hall–Kier alpha value is -1.08. The van der Waals surface area contributed by atoms with E-state index in [1.54, 1.807) is 0 Å². The van der Waals surface area contributed by atoms with Crippen molar-refractivity contribution in [1.29, 1.82) is 0 Å². The van der Waals surface area contributed by atoms with Gasteiger partial charge >= 0.3 is 0 Å². The smallest absolute Gasteiger partial charge is 0.0135 e. The molecule has 0 spiro atoms. The molecule has 1 N–H and O–H groups in total. The quantitative estimate of drug-likeness (QED) is 0.678. The molecule has 1 aromatic carbocycles. The number of hydrogen-bond acceptors (Lipinski definition) is 1. The third kappa shape index (κ3) is 3.75. The molecule has 0 aliphatic rings. The molecule has 0 fully saturated rings. The van der Waals surface area contributed by atoms with Gasteiger partial charge in [0.25, 0.3) is 0 Å². The zero-order valence-electron chi connectivity index (χ0n) is 8.87. The molecule has 0 radical (unpaired) electrons. The lowest BCUT2D eigenvalue weighted by atomic mass is 10.0. The molecular formula is C13H19N. The minimum Gasteiger partial charge on any atom is -0.310 e. The van der Waals surface area contributed by atoms with Crippen molar-refractivity contribution in [3.8, 4) is 0 Å². The topological polar surface area (TPSA) is 12.0 Å². The van der Waals surface area contributed by atoms with E-state index >= 15 is 0 Å². The molecule has 0 bridgehead atoms. The molecule has 0 saturated carbocycles. The molecule has 0 aliphatic carbocycles. The summed E-state index contributed by atoms with van der Waals surface area (Å²) < 4.78 is 0. The van der Waals surface area contributed by atoms with Crippen LogP contribution in [0.15, 0.2) is 43.0 Å². The third-order valence-electron chi connectivity index (χ3n) is 2.37. The lowest BCUT2D eigenvalue weighted by Gasteiger charge is -2.15. The first-order chi connectivity index (χ1) is 6.86. The maximum atomic E-state index is 3.71. The average Bonchev–Trinajstić information content (AvgIpc) is 2.25. The predicted molar refractivity (Wildman–Crippen MR) is 62.4 cm³/mol. The molecule has 1 nitrogen and oxygen atoms in total. The molecular weight excluding hydrogens is 170 g/mol. The number of nitrogens with one attached hydrogen (secondary N) is 1. The van der Waals surface area contributed by atoms with Gasteiger partial charge < -0.3 is 5.32 Å². The highest BCUT2D eigenvalue weighted by molar-refractivity contribution is 5.15. The predicted octanol–water partition coefficient (Wildman–Crippen LogP) is 2.78. The molecule has 0 aliphatic heterocycles. The molecule has 0 amide bonds. The van der Waals surface area contributed by atoms with Crippen LogP contribution in [0.4, 0.5) is 0 Å². The lowest BCUT2D eigenvalue weighted by molar-refractivity contribution is 0.522. The Morgan fingerprint density at radius 2 is 2.07 bits per heavy atom. The van der Waals surface area contributed by atoms with Crippen LogP contribution in [0, 0.1) is 0 Å². The van der Waals surface area contributed by atoms with Gasteiger partial charge in [0.1, 0.15) is 0 Å². The molecule has 0 saturated heterocycles. The Bertz CT molecular complexity index is 253.